The fraction of sp³-hybridized carbons (Fsp3) is 0.815. The molecule has 4 atom stereocenters. The van der Waals surface area contributed by atoms with E-state index in [0.717, 1.165) is 56.7 Å². The first-order valence-corrected chi connectivity index (χ1v) is 33.2. The van der Waals surface area contributed by atoms with Crippen molar-refractivity contribution in [2.45, 2.75) is 189 Å². The predicted molar refractivity (Wildman–Crippen MR) is 292 cm³/mol. The number of esters is 2. The van der Waals surface area contributed by atoms with Crippen molar-refractivity contribution < 1.29 is 66.4 Å². The lowest BCUT2D eigenvalue weighted by atomic mass is 9.62. The Labute approximate surface area is 446 Å². The van der Waals surface area contributed by atoms with Gasteiger partial charge in [-0.1, -0.05) is 73.8 Å². The Balaban J connectivity index is 1.61. The molecule has 0 heterocycles. The monoisotopic (exact) mass is 1080 g/mol. The molecule has 2 saturated carbocycles. The summed E-state index contributed by atoms with van der Waals surface area (Å²) in [6, 6.07) is 2.82. The largest absolute Gasteiger partial charge is 0.462 e. The first kappa shape index (κ1) is 66.1. The minimum absolute atomic E-state index is 0.00382. The Kier molecular flexibility index (Phi) is 26.9. The lowest BCUT2D eigenvalue weighted by molar-refractivity contribution is -0.141. The van der Waals surface area contributed by atoms with E-state index in [0.29, 0.717) is 57.9 Å². The second kappa shape index (κ2) is 30.1. The molecule has 4 N–H and O–H groups in total. The number of hydrogen-bond acceptors (Lipinski definition) is 14. The van der Waals surface area contributed by atoms with Crippen LogP contribution in [-0.2, 0) is 52.0 Å². The van der Waals surface area contributed by atoms with Crippen LogP contribution < -0.4 is 21.3 Å². The summed E-state index contributed by atoms with van der Waals surface area (Å²) in [6.07, 6.45) is 4.94. The van der Waals surface area contributed by atoms with Crippen molar-refractivity contribution in [3.8, 4) is 0 Å². The van der Waals surface area contributed by atoms with E-state index < -0.39 is 46.6 Å². The average molecular weight is 1080 g/mol. The van der Waals surface area contributed by atoms with Gasteiger partial charge in [-0.2, -0.15) is 0 Å². The lowest BCUT2D eigenvalue weighted by Gasteiger charge is -2.46. The molecular formula is C54H98N4O14Si2. The second-order valence-electron chi connectivity index (χ2n) is 25.3. The quantitative estimate of drug-likeness (QED) is 0.0162. The van der Waals surface area contributed by atoms with Crippen molar-refractivity contribution in [3.05, 3.63) is 24.3 Å². The van der Waals surface area contributed by atoms with E-state index in [-0.39, 0.29) is 90.3 Å². The van der Waals surface area contributed by atoms with E-state index in [1.54, 1.807) is 13.8 Å². The van der Waals surface area contributed by atoms with Gasteiger partial charge >= 0.3 is 30.2 Å². The fourth-order valence-corrected chi connectivity index (χ4v) is 18.0. The van der Waals surface area contributed by atoms with E-state index in [4.69, 9.17) is 37.6 Å². The Morgan fingerprint density at radius 1 is 0.554 bits per heavy atom. The summed E-state index contributed by atoms with van der Waals surface area (Å²) in [5.41, 5.74) is -0.351. The highest BCUT2D eigenvalue weighted by atomic mass is 28.4. The molecule has 4 unspecified atom stereocenters. The first-order chi connectivity index (χ1) is 34.1. The van der Waals surface area contributed by atoms with Crippen LogP contribution >= 0.6 is 0 Å². The number of ether oxygens (including phenoxy) is 7. The summed E-state index contributed by atoms with van der Waals surface area (Å²) in [7, 11) is -3.65. The van der Waals surface area contributed by atoms with Crippen LogP contribution in [-0.4, -0.2) is 143 Å². The zero-order valence-corrected chi connectivity index (χ0v) is 50.0. The van der Waals surface area contributed by atoms with Gasteiger partial charge in [0.05, 0.1) is 27.7 Å². The Bertz CT molecular complexity index is 1880. The number of nitrogens with one attached hydrogen (secondary N) is 4. The van der Waals surface area contributed by atoms with Crippen LogP contribution in [0, 0.1) is 21.7 Å². The molecule has 2 fully saturated rings. The van der Waals surface area contributed by atoms with Crippen LogP contribution in [0.25, 0.3) is 0 Å². The van der Waals surface area contributed by atoms with Crippen molar-refractivity contribution in [1.29, 1.82) is 0 Å². The van der Waals surface area contributed by atoms with E-state index in [2.05, 4.69) is 116 Å². The summed E-state index contributed by atoms with van der Waals surface area (Å²) >= 11 is 0. The van der Waals surface area contributed by atoms with Crippen molar-refractivity contribution in [2.75, 3.05) is 72.6 Å². The third-order valence-corrected chi connectivity index (χ3v) is 19.5. The Morgan fingerprint density at radius 2 is 0.973 bits per heavy atom. The standard InChI is InChI=1S/C54H98N4O14Si2/c1-40(2)45(60)67-22-19-44(59)55-37-53(11)33-42(31-50(5,6)35-53)57-48(63)70-25-23-65-20-17-29-73(13,14)39-52(9,10)72-74(15,16)30-18-21-66-24-26-71-49(64)58-43-32-51(7,8)36-54(12,34-43)38-56-47(62)69-28-27-68-46(61)41(3)4/h42-43H,1,3,17-39H2,2,4-16H3,(H,55,59)(H,56,62)(H,57,63)(H,58,64). The number of alkyl carbamates (subject to hydrolysis) is 3. The molecule has 18 nitrogen and oxygen atoms in total. The molecule has 2 aliphatic carbocycles. The molecule has 0 aromatic carbocycles. The maximum absolute atomic E-state index is 12.8. The third-order valence-electron chi connectivity index (χ3n) is 13.3. The highest BCUT2D eigenvalue weighted by Gasteiger charge is 2.44. The molecule has 0 spiro atoms. The van der Waals surface area contributed by atoms with Crippen molar-refractivity contribution >= 4 is 52.5 Å². The smallest absolute Gasteiger partial charge is 0.407 e. The van der Waals surface area contributed by atoms with Crippen LogP contribution in [0.2, 0.25) is 44.3 Å². The van der Waals surface area contributed by atoms with Crippen LogP contribution in [0.1, 0.15) is 127 Å². The molecule has 0 aliphatic heterocycles. The first-order valence-electron chi connectivity index (χ1n) is 26.7. The van der Waals surface area contributed by atoms with Gasteiger partial charge in [0.15, 0.2) is 8.32 Å². The molecule has 0 saturated heterocycles. The maximum atomic E-state index is 12.8. The molecule has 74 heavy (non-hydrogen) atoms. The Hall–Kier alpha value is -3.99. The minimum atomic E-state index is -2.01. The van der Waals surface area contributed by atoms with Gasteiger partial charge in [0.25, 0.3) is 0 Å². The SMILES string of the molecule is C=C(C)C(=O)OCCOC(=O)NCC1(C)CC(NC(=O)OCCOCCC[Si](C)(C)OC(C)(C)C[Si](C)(C)CCCOCCOC(=O)NC2CC(C)(C)CC(C)(CNC(=O)CCOC(=O)C(=C)C)C2)CC(C)(C)C1. The molecule has 20 heteroatoms. The summed E-state index contributed by atoms with van der Waals surface area (Å²) in [4.78, 5) is 73.5. The van der Waals surface area contributed by atoms with Crippen LogP contribution in [0.5, 0.6) is 0 Å². The van der Waals surface area contributed by atoms with E-state index in [1.165, 1.54) is 0 Å². The predicted octanol–water partition coefficient (Wildman–Crippen LogP) is 9.60. The summed E-state index contributed by atoms with van der Waals surface area (Å²) in [5, 5.41) is 11.9. The van der Waals surface area contributed by atoms with E-state index in [9.17, 15) is 28.8 Å². The van der Waals surface area contributed by atoms with Gasteiger partial charge in [-0.05, 0) is 126 Å². The highest BCUT2D eigenvalue weighted by molar-refractivity contribution is 6.77. The second-order valence-corrected chi connectivity index (χ2v) is 34.7. The third kappa shape index (κ3) is 28.8. The van der Waals surface area contributed by atoms with Gasteiger partial charge in [-0.25, -0.2) is 24.0 Å². The highest BCUT2D eigenvalue weighted by Crippen LogP contribution is 2.47. The summed E-state index contributed by atoms with van der Waals surface area (Å²) in [5.74, 6) is -1.24. The number of hydrogen-bond donors (Lipinski definition) is 4. The summed E-state index contributed by atoms with van der Waals surface area (Å²) < 4.78 is 44.7. The van der Waals surface area contributed by atoms with Crippen molar-refractivity contribution in [2.24, 2.45) is 21.7 Å². The molecule has 0 aromatic heterocycles. The molecular weight excluding hydrogens is 985 g/mol. The molecule has 0 aromatic rings. The summed E-state index contributed by atoms with van der Waals surface area (Å²) in [6.45, 7) is 39.5. The minimum Gasteiger partial charge on any atom is -0.462 e. The molecule has 0 radical (unpaired) electrons. The zero-order chi connectivity index (χ0) is 56.0. The normalized spacial score (nSPS) is 21.5. The van der Waals surface area contributed by atoms with E-state index >= 15 is 0 Å². The molecule has 426 valence electrons. The topological polar surface area (TPSA) is 224 Å². The average Bonchev–Trinajstić information content (AvgIpc) is 3.23. The zero-order valence-electron chi connectivity index (χ0n) is 48.0. The van der Waals surface area contributed by atoms with Crippen molar-refractivity contribution in [3.63, 3.8) is 0 Å². The number of carbonyl (C=O) groups is 6. The molecule has 0 bridgehead atoms. The van der Waals surface area contributed by atoms with Crippen LogP contribution in [0.3, 0.4) is 0 Å². The van der Waals surface area contributed by atoms with Gasteiger partial charge in [-0.15, -0.1) is 0 Å². The number of amides is 4. The number of rotatable bonds is 32. The van der Waals surface area contributed by atoms with Gasteiger partial charge < -0.3 is 58.9 Å². The van der Waals surface area contributed by atoms with Crippen LogP contribution in [0.15, 0.2) is 24.3 Å². The maximum Gasteiger partial charge on any atom is 0.407 e. The number of carbonyl (C=O) groups excluding carboxylic acids is 6. The van der Waals surface area contributed by atoms with Crippen LogP contribution in [0.4, 0.5) is 14.4 Å². The molecule has 2 rings (SSSR count). The van der Waals surface area contributed by atoms with Gasteiger partial charge in [-0.3, -0.25) is 4.79 Å². The van der Waals surface area contributed by atoms with Gasteiger partial charge in [0.2, 0.25) is 5.91 Å². The van der Waals surface area contributed by atoms with Gasteiger partial charge in [0.1, 0.15) is 33.0 Å². The molecule has 2 aliphatic rings. The van der Waals surface area contributed by atoms with Crippen molar-refractivity contribution in [1.82, 2.24) is 21.3 Å². The molecule has 4 amide bonds. The lowest BCUT2D eigenvalue weighted by Crippen LogP contribution is -2.50. The fourth-order valence-electron chi connectivity index (χ4n) is 11.6. The van der Waals surface area contributed by atoms with Gasteiger partial charge in [0, 0.05) is 55.1 Å². The Morgan fingerprint density at radius 3 is 1.46 bits per heavy atom. The van der Waals surface area contributed by atoms with E-state index in [1.807, 2.05) is 0 Å².